The van der Waals surface area contributed by atoms with Gasteiger partial charge in [-0.3, -0.25) is 9.59 Å². The summed E-state index contributed by atoms with van der Waals surface area (Å²) in [5, 5.41) is 3.61. The number of para-hydroxylation sites is 1. The molecule has 0 spiro atoms. The number of nitrogens with one attached hydrogen (secondary N) is 2. The van der Waals surface area contributed by atoms with E-state index in [0.717, 1.165) is 10.9 Å². The largest absolute Gasteiger partial charge is 0.366 e. The van der Waals surface area contributed by atoms with Crippen LogP contribution in [0.2, 0.25) is 0 Å². The maximum Gasteiger partial charge on any atom is 0.257 e. The van der Waals surface area contributed by atoms with Crippen molar-refractivity contribution in [3.63, 3.8) is 0 Å². The summed E-state index contributed by atoms with van der Waals surface area (Å²) in [5.41, 5.74) is 7.56. The van der Waals surface area contributed by atoms with Gasteiger partial charge in [0, 0.05) is 28.4 Å². The number of primary amides is 1. The number of anilines is 1. The molecule has 1 aromatic heterocycles. The molecule has 0 atom stereocenters. The van der Waals surface area contributed by atoms with Crippen LogP contribution in [0.1, 0.15) is 20.7 Å². The van der Waals surface area contributed by atoms with Gasteiger partial charge in [0.2, 0.25) is 5.91 Å². The summed E-state index contributed by atoms with van der Waals surface area (Å²) < 4.78 is 0. The number of nitrogens with two attached hydrogens (primary N) is 1. The minimum atomic E-state index is -0.529. The highest BCUT2D eigenvalue weighted by molar-refractivity contribution is 6.13. The monoisotopic (exact) mass is 279 g/mol. The minimum Gasteiger partial charge on any atom is -0.366 e. The summed E-state index contributed by atoms with van der Waals surface area (Å²) in [5.74, 6) is -0.771. The maximum atomic E-state index is 12.3. The summed E-state index contributed by atoms with van der Waals surface area (Å²) >= 11 is 0. The number of aromatic nitrogens is 1. The van der Waals surface area contributed by atoms with Crippen molar-refractivity contribution >= 4 is 28.4 Å². The van der Waals surface area contributed by atoms with Gasteiger partial charge in [0.1, 0.15) is 0 Å². The molecule has 3 aromatic rings. The minimum absolute atomic E-state index is 0.242. The standard InChI is InChI=1S/C16H13N3O2/c17-15(20)10-4-3-5-11(8-10)19-16(21)13-9-18-14-7-2-1-6-12(13)14/h1-9,18H,(H2,17,20)(H,19,21). The number of aromatic amines is 1. The van der Waals surface area contributed by atoms with Crippen LogP contribution in [0.25, 0.3) is 10.9 Å². The first-order valence-corrected chi connectivity index (χ1v) is 6.42. The molecule has 0 aliphatic carbocycles. The van der Waals surface area contributed by atoms with Gasteiger partial charge in [0.05, 0.1) is 5.56 Å². The third-order valence-corrected chi connectivity index (χ3v) is 3.24. The van der Waals surface area contributed by atoms with Gasteiger partial charge in [-0.25, -0.2) is 0 Å². The van der Waals surface area contributed by atoms with Gasteiger partial charge < -0.3 is 16.0 Å². The van der Waals surface area contributed by atoms with E-state index in [4.69, 9.17) is 5.73 Å². The Labute approximate surface area is 120 Å². The van der Waals surface area contributed by atoms with E-state index in [0.29, 0.717) is 16.8 Å². The van der Waals surface area contributed by atoms with E-state index in [1.807, 2.05) is 24.3 Å². The number of H-pyrrole nitrogens is 1. The molecule has 5 nitrogen and oxygen atoms in total. The zero-order valence-corrected chi connectivity index (χ0v) is 11.1. The van der Waals surface area contributed by atoms with Crippen LogP contribution in [0.5, 0.6) is 0 Å². The van der Waals surface area contributed by atoms with Crippen LogP contribution in [0.15, 0.2) is 54.7 Å². The normalized spacial score (nSPS) is 10.5. The van der Waals surface area contributed by atoms with E-state index in [2.05, 4.69) is 10.3 Å². The van der Waals surface area contributed by atoms with Crippen LogP contribution < -0.4 is 11.1 Å². The maximum absolute atomic E-state index is 12.3. The highest BCUT2D eigenvalue weighted by Crippen LogP contribution is 2.19. The van der Waals surface area contributed by atoms with Crippen LogP contribution in [0.3, 0.4) is 0 Å². The number of amides is 2. The molecule has 3 rings (SSSR count). The van der Waals surface area contributed by atoms with Crippen molar-refractivity contribution < 1.29 is 9.59 Å². The van der Waals surface area contributed by atoms with Crippen LogP contribution in [-0.4, -0.2) is 16.8 Å². The van der Waals surface area contributed by atoms with Crippen LogP contribution in [-0.2, 0) is 0 Å². The predicted molar refractivity (Wildman–Crippen MR) is 81.2 cm³/mol. The third kappa shape index (κ3) is 2.49. The van der Waals surface area contributed by atoms with Gasteiger partial charge in [-0.05, 0) is 24.3 Å². The molecular weight excluding hydrogens is 266 g/mol. The zero-order chi connectivity index (χ0) is 14.8. The smallest absolute Gasteiger partial charge is 0.257 e. The molecule has 2 aromatic carbocycles. The predicted octanol–water partition coefficient (Wildman–Crippen LogP) is 2.52. The second-order valence-electron chi connectivity index (χ2n) is 4.65. The highest BCUT2D eigenvalue weighted by Gasteiger charge is 2.12. The quantitative estimate of drug-likeness (QED) is 0.687. The number of carbonyl (C=O) groups excluding carboxylic acids is 2. The van der Waals surface area contributed by atoms with Crippen LogP contribution >= 0.6 is 0 Å². The van der Waals surface area contributed by atoms with Crippen molar-refractivity contribution in [3.8, 4) is 0 Å². The molecule has 5 heteroatoms. The Bertz CT molecular complexity index is 836. The fourth-order valence-electron chi connectivity index (χ4n) is 2.21. The van der Waals surface area contributed by atoms with Crippen molar-refractivity contribution in [3.05, 3.63) is 65.9 Å². The zero-order valence-electron chi connectivity index (χ0n) is 11.1. The topological polar surface area (TPSA) is 88.0 Å². The van der Waals surface area contributed by atoms with Crippen molar-refractivity contribution in [1.82, 2.24) is 4.98 Å². The van der Waals surface area contributed by atoms with E-state index in [9.17, 15) is 9.59 Å². The van der Waals surface area contributed by atoms with Crippen molar-refractivity contribution in [2.45, 2.75) is 0 Å². The molecule has 0 aliphatic heterocycles. The van der Waals surface area contributed by atoms with E-state index in [-0.39, 0.29) is 5.91 Å². The number of fused-ring (bicyclic) bond motifs is 1. The summed E-state index contributed by atoms with van der Waals surface area (Å²) in [7, 11) is 0. The van der Waals surface area contributed by atoms with Gasteiger partial charge >= 0.3 is 0 Å². The molecule has 0 bridgehead atoms. The van der Waals surface area contributed by atoms with Gasteiger partial charge in [0.15, 0.2) is 0 Å². The lowest BCUT2D eigenvalue weighted by Crippen LogP contribution is -2.14. The number of carbonyl (C=O) groups is 2. The first kappa shape index (κ1) is 12.9. The fourth-order valence-corrected chi connectivity index (χ4v) is 2.21. The molecule has 0 saturated carbocycles. The van der Waals surface area contributed by atoms with Gasteiger partial charge in [-0.2, -0.15) is 0 Å². The van der Waals surface area contributed by atoms with E-state index < -0.39 is 5.91 Å². The molecule has 2 amide bonds. The van der Waals surface area contributed by atoms with Crippen LogP contribution in [0.4, 0.5) is 5.69 Å². The van der Waals surface area contributed by atoms with Crippen molar-refractivity contribution in [1.29, 1.82) is 0 Å². The average molecular weight is 279 g/mol. The van der Waals surface area contributed by atoms with E-state index >= 15 is 0 Å². The van der Waals surface area contributed by atoms with Gasteiger partial charge in [-0.15, -0.1) is 0 Å². The first-order valence-electron chi connectivity index (χ1n) is 6.42. The second kappa shape index (κ2) is 5.13. The van der Waals surface area contributed by atoms with E-state index in [1.54, 1.807) is 30.5 Å². The Morgan fingerprint density at radius 2 is 1.86 bits per heavy atom. The van der Waals surface area contributed by atoms with Gasteiger partial charge in [-0.1, -0.05) is 24.3 Å². The van der Waals surface area contributed by atoms with Crippen LogP contribution in [0, 0.1) is 0 Å². The number of rotatable bonds is 3. The van der Waals surface area contributed by atoms with E-state index in [1.165, 1.54) is 0 Å². The molecule has 21 heavy (non-hydrogen) atoms. The molecule has 0 fully saturated rings. The molecule has 1 heterocycles. The van der Waals surface area contributed by atoms with Crippen molar-refractivity contribution in [2.24, 2.45) is 5.73 Å². The fraction of sp³-hybridized carbons (Fsp3) is 0. The lowest BCUT2D eigenvalue weighted by atomic mass is 10.1. The Morgan fingerprint density at radius 3 is 2.67 bits per heavy atom. The summed E-state index contributed by atoms with van der Waals surface area (Å²) in [6, 6.07) is 14.1. The number of hydrogen-bond acceptors (Lipinski definition) is 2. The second-order valence-corrected chi connectivity index (χ2v) is 4.65. The summed E-state index contributed by atoms with van der Waals surface area (Å²) in [6.07, 6.45) is 1.66. The summed E-state index contributed by atoms with van der Waals surface area (Å²) in [6.45, 7) is 0. The Hall–Kier alpha value is -3.08. The van der Waals surface area contributed by atoms with Gasteiger partial charge in [0.25, 0.3) is 5.91 Å². The Kier molecular flexibility index (Phi) is 3.16. The average Bonchev–Trinajstić information content (AvgIpc) is 2.91. The molecule has 0 aliphatic rings. The lowest BCUT2D eigenvalue weighted by molar-refractivity contribution is 0.0996. The summed E-state index contributed by atoms with van der Waals surface area (Å²) in [4.78, 5) is 26.5. The lowest BCUT2D eigenvalue weighted by Gasteiger charge is -2.05. The molecule has 0 radical (unpaired) electrons. The molecule has 0 unspecified atom stereocenters. The third-order valence-electron chi connectivity index (χ3n) is 3.24. The first-order chi connectivity index (χ1) is 10.1. The number of benzene rings is 2. The number of hydrogen-bond donors (Lipinski definition) is 3. The molecule has 104 valence electrons. The Balaban J connectivity index is 1.90. The highest BCUT2D eigenvalue weighted by atomic mass is 16.2. The van der Waals surface area contributed by atoms with Crippen molar-refractivity contribution in [2.75, 3.05) is 5.32 Å². The molecular formula is C16H13N3O2. The molecule has 0 saturated heterocycles. The SMILES string of the molecule is NC(=O)c1cccc(NC(=O)c2c[nH]c3ccccc23)c1. The molecule has 4 N–H and O–H groups in total. The Morgan fingerprint density at radius 1 is 1.05 bits per heavy atom.